The first-order valence-corrected chi connectivity index (χ1v) is 5.50. The fraction of sp³-hybridized carbons (Fsp3) is 0.500. The van der Waals surface area contributed by atoms with Crippen molar-refractivity contribution in [1.29, 1.82) is 0 Å². The molecule has 0 aliphatic rings. The minimum Gasteiger partial charge on any atom is -0.443 e. The Labute approximate surface area is 109 Å². The third-order valence-electron chi connectivity index (χ3n) is 2.09. The van der Waals surface area contributed by atoms with E-state index >= 15 is 0 Å². The number of hydrogen-bond donors (Lipinski definition) is 0. The first-order valence-electron chi connectivity index (χ1n) is 5.50. The second-order valence-corrected chi connectivity index (χ2v) is 4.94. The van der Waals surface area contributed by atoms with Gasteiger partial charge < -0.3 is 4.74 Å². The van der Waals surface area contributed by atoms with E-state index in [1.54, 1.807) is 20.8 Å². The third kappa shape index (κ3) is 4.42. The number of rotatable bonds is 1. The average Bonchev–Trinajstić information content (AvgIpc) is 2.24. The molecule has 4 nitrogen and oxygen atoms in total. The maximum atomic E-state index is 12.5. The molecule has 19 heavy (non-hydrogen) atoms. The molecule has 7 heteroatoms. The van der Waals surface area contributed by atoms with Crippen molar-refractivity contribution in [1.82, 2.24) is 4.98 Å². The summed E-state index contributed by atoms with van der Waals surface area (Å²) in [6, 6.07) is 2.10. The molecule has 0 unspecified atom stereocenters. The second kappa shape index (κ2) is 5.07. The Morgan fingerprint density at radius 3 is 2.37 bits per heavy atom. The van der Waals surface area contributed by atoms with Crippen LogP contribution in [0.3, 0.4) is 0 Å². The summed E-state index contributed by atoms with van der Waals surface area (Å²) in [4.78, 5) is 15.9. The van der Waals surface area contributed by atoms with Gasteiger partial charge in [0.2, 0.25) is 0 Å². The fourth-order valence-corrected chi connectivity index (χ4v) is 1.22. The molecule has 0 atom stereocenters. The van der Waals surface area contributed by atoms with Crippen molar-refractivity contribution in [2.75, 3.05) is 11.9 Å². The van der Waals surface area contributed by atoms with Gasteiger partial charge in [0.15, 0.2) is 0 Å². The molecular weight excluding hydrogens is 261 g/mol. The molecule has 1 amide bonds. The summed E-state index contributed by atoms with van der Waals surface area (Å²) in [5.41, 5.74) is -1.71. The van der Waals surface area contributed by atoms with Crippen LogP contribution in [0.1, 0.15) is 26.5 Å². The van der Waals surface area contributed by atoms with E-state index in [1.807, 2.05) is 0 Å². The van der Waals surface area contributed by atoms with Crippen LogP contribution in [0, 0.1) is 0 Å². The summed E-state index contributed by atoms with van der Waals surface area (Å²) in [7, 11) is 1.34. The molecule has 0 saturated carbocycles. The Hall–Kier alpha value is -1.79. The summed E-state index contributed by atoms with van der Waals surface area (Å²) in [6.07, 6.45) is -4.28. The maximum absolute atomic E-state index is 12.5. The lowest BCUT2D eigenvalue weighted by Gasteiger charge is -2.24. The highest BCUT2D eigenvalue weighted by Gasteiger charge is 2.33. The number of ether oxygens (including phenoxy) is 1. The number of carbonyl (C=O) groups is 1. The van der Waals surface area contributed by atoms with Gasteiger partial charge in [0.1, 0.15) is 11.3 Å². The lowest BCUT2D eigenvalue weighted by molar-refractivity contribution is -0.141. The quantitative estimate of drug-likeness (QED) is 0.788. The topological polar surface area (TPSA) is 42.4 Å². The van der Waals surface area contributed by atoms with E-state index < -0.39 is 23.6 Å². The maximum Gasteiger partial charge on any atom is 0.433 e. The number of carbonyl (C=O) groups excluding carboxylic acids is 1. The highest BCUT2D eigenvalue weighted by atomic mass is 19.4. The van der Waals surface area contributed by atoms with Crippen LogP contribution >= 0.6 is 0 Å². The number of amides is 1. The van der Waals surface area contributed by atoms with Gasteiger partial charge in [-0.25, -0.2) is 4.79 Å². The molecule has 1 heterocycles. The van der Waals surface area contributed by atoms with E-state index in [-0.39, 0.29) is 5.69 Å². The molecule has 0 radical (unpaired) electrons. The van der Waals surface area contributed by atoms with Crippen molar-refractivity contribution in [3.63, 3.8) is 0 Å². The van der Waals surface area contributed by atoms with Crippen LogP contribution in [0.2, 0.25) is 0 Å². The van der Waals surface area contributed by atoms with Gasteiger partial charge in [-0.1, -0.05) is 0 Å². The highest BCUT2D eigenvalue weighted by Crippen LogP contribution is 2.29. The van der Waals surface area contributed by atoms with Crippen molar-refractivity contribution in [3.05, 3.63) is 24.0 Å². The monoisotopic (exact) mass is 276 g/mol. The minimum absolute atomic E-state index is 0.0663. The van der Waals surface area contributed by atoms with E-state index in [9.17, 15) is 18.0 Å². The van der Waals surface area contributed by atoms with Gasteiger partial charge in [-0.15, -0.1) is 0 Å². The van der Waals surface area contributed by atoms with Gasteiger partial charge in [-0.3, -0.25) is 9.88 Å². The van der Waals surface area contributed by atoms with E-state index in [0.717, 1.165) is 17.2 Å². The van der Waals surface area contributed by atoms with Gasteiger partial charge in [0, 0.05) is 13.2 Å². The lowest BCUT2D eigenvalue weighted by atomic mass is 10.2. The minimum atomic E-state index is -4.55. The van der Waals surface area contributed by atoms with E-state index in [1.165, 1.54) is 13.1 Å². The van der Waals surface area contributed by atoms with E-state index in [2.05, 4.69) is 4.98 Å². The number of hydrogen-bond acceptors (Lipinski definition) is 3. The predicted molar refractivity (Wildman–Crippen MR) is 63.9 cm³/mol. The Balaban J connectivity index is 2.95. The molecule has 0 saturated heterocycles. The molecule has 1 aromatic heterocycles. The van der Waals surface area contributed by atoms with Crippen LogP contribution in [0.15, 0.2) is 18.3 Å². The van der Waals surface area contributed by atoms with Gasteiger partial charge in [-0.05, 0) is 32.9 Å². The van der Waals surface area contributed by atoms with Gasteiger partial charge in [0.25, 0.3) is 0 Å². The van der Waals surface area contributed by atoms with Crippen LogP contribution < -0.4 is 4.90 Å². The van der Waals surface area contributed by atoms with Crippen LogP contribution in [0.5, 0.6) is 0 Å². The summed E-state index contributed by atoms with van der Waals surface area (Å²) in [6.45, 7) is 5.02. The number of alkyl halides is 3. The van der Waals surface area contributed by atoms with Crippen molar-refractivity contribution in [2.24, 2.45) is 0 Å². The SMILES string of the molecule is CN(C(=O)OC(C)(C)C)c1ccnc(C(F)(F)F)c1. The Morgan fingerprint density at radius 1 is 1.32 bits per heavy atom. The molecule has 1 rings (SSSR count). The van der Waals surface area contributed by atoms with E-state index in [0.29, 0.717) is 0 Å². The summed E-state index contributed by atoms with van der Waals surface area (Å²) in [5.74, 6) is 0. The zero-order valence-corrected chi connectivity index (χ0v) is 11.1. The summed E-state index contributed by atoms with van der Waals surface area (Å²) >= 11 is 0. The smallest absolute Gasteiger partial charge is 0.433 e. The van der Waals surface area contributed by atoms with Crippen molar-refractivity contribution in [3.8, 4) is 0 Å². The van der Waals surface area contributed by atoms with Crippen LogP contribution in [-0.2, 0) is 10.9 Å². The molecule has 0 aliphatic heterocycles. The zero-order chi connectivity index (χ0) is 14.8. The van der Waals surface area contributed by atoms with Crippen molar-refractivity contribution < 1.29 is 22.7 Å². The third-order valence-corrected chi connectivity index (χ3v) is 2.09. The first kappa shape index (κ1) is 15.3. The molecule has 106 valence electrons. The Morgan fingerprint density at radius 2 is 1.89 bits per heavy atom. The predicted octanol–water partition coefficient (Wildman–Crippen LogP) is 3.47. The number of aromatic nitrogens is 1. The van der Waals surface area contributed by atoms with Gasteiger partial charge in [-0.2, -0.15) is 13.2 Å². The van der Waals surface area contributed by atoms with Crippen LogP contribution in [0.4, 0.5) is 23.7 Å². The highest BCUT2D eigenvalue weighted by molar-refractivity contribution is 5.87. The van der Waals surface area contributed by atoms with Crippen molar-refractivity contribution in [2.45, 2.75) is 32.5 Å². The van der Waals surface area contributed by atoms with Crippen LogP contribution in [-0.4, -0.2) is 23.7 Å². The molecular formula is C12H15F3N2O2. The molecule has 1 aromatic rings. The number of nitrogens with zero attached hydrogens (tertiary/aromatic N) is 2. The van der Waals surface area contributed by atoms with Crippen LogP contribution in [0.25, 0.3) is 0 Å². The lowest BCUT2D eigenvalue weighted by Crippen LogP contribution is -2.34. The second-order valence-electron chi connectivity index (χ2n) is 4.94. The first-order chi connectivity index (χ1) is 8.50. The summed E-state index contributed by atoms with van der Waals surface area (Å²) in [5, 5.41) is 0. The average molecular weight is 276 g/mol. The van der Waals surface area contributed by atoms with Crippen molar-refractivity contribution >= 4 is 11.8 Å². The largest absolute Gasteiger partial charge is 0.443 e. The summed E-state index contributed by atoms with van der Waals surface area (Å²) < 4.78 is 42.6. The molecule has 0 aromatic carbocycles. The zero-order valence-electron chi connectivity index (χ0n) is 11.1. The Kier molecular flexibility index (Phi) is 4.07. The Bertz CT molecular complexity index is 467. The molecule has 0 N–H and O–H groups in total. The molecule has 0 aliphatic carbocycles. The fourth-order valence-electron chi connectivity index (χ4n) is 1.22. The number of pyridine rings is 1. The number of halogens is 3. The standard InChI is InChI=1S/C12H15F3N2O2/c1-11(2,3)19-10(18)17(4)8-5-6-16-9(7-8)12(13,14)15/h5-7H,1-4H3. The molecule has 0 bridgehead atoms. The normalized spacial score (nSPS) is 12.2. The van der Waals surface area contributed by atoms with Gasteiger partial charge >= 0.3 is 12.3 Å². The molecule has 0 fully saturated rings. The number of anilines is 1. The molecule has 0 spiro atoms. The van der Waals surface area contributed by atoms with E-state index in [4.69, 9.17) is 4.74 Å². The van der Waals surface area contributed by atoms with Gasteiger partial charge in [0.05, 0.1) is 5.69 Å².